The smallest absolute Gasteiger partial charge is 0.208 e. The molecule has 0 amide bonds. The van der Waals surface area contributed by atoms with Crippen LogP contribution in [0.1, 0.15) is 0 Å². The summed E-state index contributed by atoms with van der Waals surface area (Å²) in [5.74, 6) is 0. The summed E-state index contributed by atoms with van der Waals surface area (Å²) < 4.78 is 4.23. The minimum Gasteiger partial charge on any atom is -0.208 e. The second kappa shape index (κ2) is 4.67. The van der Waals surface area contributed by atoms with Crippen LogP contribution in [-0.4, -0.2) is 0 Å². The van der Waals surface area contributed by atoms with Crippen LogP contribution in [0.25, 0.3) is 27.4 Å². The van der Waals surface area contributed by atoms with Gasteiger partial charge in [0.05, 0.1) is 5.39 Å². The fraction of sp³-hybridized carbons (Fsp3) is 0.0526. The van der Waals surface area contributed by atoms with Crippen molar-refractivity contribution in [3.8, 4) is 11.1 Å². The highest BCUT2D eigenvalue weighted by molar-refractivity contribution is 5.94. The van der Waals surface area contributed by atoms with Crippen molar-refractivity contribution in [1.82, 2.24) is 0 Å². The van der Waals surface area contributed by atoms with E-state index in [2.05, 4.69) is 88.4 Å². The van der Waals surface area contributed by atoms with Gasteiger partial charge in [-0.3, -0.25) is 0 Å². The lowest BCUT2D eigenvalue weighted by Crippen LogP contribution is -2.25. The third kappa shape index (κ3) is 2.05. The van der Waals surface area contributed by atoms with E-state index in [4.69, 9.17) is 0 Å². The molecular formula is C19H16N2+2. The quantitative estimate of drug-likeness (QED) is 0.372. The molecule has 4 aromatic rings. The molecule has 0 fully saturated rings. The maximum absolute atomic E-state index is 2.26. The highest BCUT2D eigenvalue weighted by Gasteiger charge is 2.10. The number of aryl methyl sites for hydroxylation is 1. The third-order valence-corrected chi connectivity index (χ3v) is 3.95. The number of hydrogen-bond acceptors (Lipinski definition) is 0. The zero-order valence-corrected chi connectivity index (χ0v) is 11.9. The SMILES string of the molecule is C[n+]1ccc(-c2cc[n+]3ccc4ccccc4c3c2)cc1. The molecule has 21 heavy (non-hydrogen) atoms. The van der Waals surface area contributed by atoms with Crippen LogP contribution in [-0.2, 0) is 7.05 Å². The van der Waals surface area contributed by atoms with Crippen molar-refractivity contribution in [2.24, 2.45) is 7.05 Å². The average Bonchev–Trinajstić information content (AvgIpc) is 2.55. The molecule has 0 aliphatic carbocycles. The van der Waals surface area contributed by atoms with Gasteiger partial charge in [-0.25, -0.2) is 4.57 Å². The van der Waals surface area contributed by atoms with Crippen molar-refractivity contribution < 1.29 is 8.97 Å². The summed E-state index contributed by atoms with van der Waals surface area (Å²) in [5, 5.41) is 2.55. The molecule has 0 aliphatic heterocycles. The van der Waals surface area contributed by atoms with Crippen molar-refractivity contribution in [2.45, 2.75) is 0 Å². The minimum atomic E-state index is 1.24. The van der Waals surface area contributed by atoms with Gasteiger partial charge in [0, 0.05) is 30.3 Å². The van der Waals surface area contributed by atoms with E-state index >= 15 is 0 Å². The highest BCUT2D eigenvalue weighted by atomic mass is 14.9. The van der Waals surface area contributed by atoms with Crippen LogP contribution in [0.3, 0.4) is 0 Å². The number of rotatable bonds is 1. The molecule has 0 atom stereocenters. The van der Waals surface area contributed by atoms with Gasteiger partial charge in [0.2, 0.25) is 5.52 Å². The van der Waals surface area contributed by atoms with E-state index in [0.717, 1.165) is 0 Å². The Morgan fingerprint density at radius 1 is 0.714 bits per heavy atom. The fourth-order valence-corrected chi connectivity index (χ4v) is 2.77. The number of pyridine rings is 3. The Labute approximate surface area is 123 Å². The second-order valence-corrected chi connectivity index (χ2v) is 5.36. The molecule has 0 radical (unpaired) electrons. The third-order valence-electron chi connectivity index (χ3n) is 3.95. The minimum absolute atomic E-state index is 1.24. The van der Waals surface area contributed by atoms with Crippen LogP contribution >= 0.6 is 0 Å². The summed E-state index contributed by atoms with van der Waals surface area (Å²) in [4.78, 5) is 0. The van der Waals surface area contributed by atoms with Crippen molar-refractivity contribution in [3.05, 3.63) is 79.4 Å². The van der Waals surface area contributed by atoms with Gasteiger partial charge in [0.15, 0.2) is 24.8 Å². The Hall–Kier alpha value is -2.74. The Balaban J connectivity index is 2.00. The molecule has 1 aromatic carbocycles. The van der Waals surface area contributed by atoms with E-state index in [-0.39, 0.29) is 0 Å². The van der Waals surface area contributed by atoms with Crippen molar-refractivity contribution in [2.75, 3.05) is 0 Å². The predicted molar refractivity (Wildman–Crippen MR) is 83.7 cm³/mol. The van der Waals surface area contributed by atoms with E-state index in [1.54, 1.807) is 0 Å². The topological polar surface area (TPSA) is 7.98 Å². The van der Waals surface area contributed by atoms with Crippen LogP contribution in [0, 0.1) is 0 Å². The van der Waals surface area contributed by atoms with Crippen LogP contribution in [0.15, 0.2) is 79.4 Å². The van der Waals surface area contributed by atoms with Gasteiger partial charge in [0.1, 0.15) is 7.05 Å². The van der Waals surface area contributed by atoms with Gasteiger partial charge in [-0.05, 0) is 22.6 Å². The number of benzene rings is 1. The van der Waals surface area contributed by atoms with E-state index in [1.807, 2.05) is 7.05 Å². The highest BCUT2D eigenvalue weighted by Crippen LogP contribution is 2.22. The molecule has 0 spiro atoms. The summed E-state index contributed by atoms with van der Waals surface area (Å²) >= 11 is 0. The number of nitrogens with zero attached hydrogens (tertiary/aromatic N) is 2. The van der Waals surface area contributed by atoms with E-state index in [1.165, 1.54) is 27.4 Å². The lowest BCUT2D eigenvalue weighted by molar-refractivity contribution is -0.671. The summed E-state index contributed by atoms with van der Waals surface area (Å²) in [6.07, 6.45) is 8.40. The standard InChI is InChI=1S/C19H16N2/c1-20-10-6-15(7-11-20)17-9-13-21-12-8-16-4-2-3-5-18(16)19(21)14-17/h2-14H,1H3/q+2. The maximum Gasteiger partial charge on any atom is 0.219 e. The molecular weight excluding hydrogens is 256 g/mol. The van der Waals surface area contributed by atoms with Gasteiger partial charge < -0.3 is 0 Å². The molecule has 0 saturated heterocycles. The van der Waals surface area contributed by atoms with Crippen LogP contribution < -0.4 is 8.97 Å². The molecule has 3 heterocycles. The molecule has 2 heteroatoms. The Bertz CT molecular complexity index is 940. The molecule has 100 valence electrons. The van der Waals surface area contributed by atoms with Gasteiger partial charge >= 0.3 is 0 Å². The fourth-order valence-electron chi connectivity index (χ4n) is 2.77. The maximum atomic E-state index is 2.26. The monoisotopic (exact) mass is 272 g/mol. The van der Waals surface area contributed by atoms with Crippen LogP contribution in [0.2, 0.25) is 0 Å². The van der Waals surface area contributed by atoms with Crippen molar-refractivity contribution in [1.29, 1.82) is 0 Å². The number of fused-ring (bicyclic) bond motifs is 3. The van der Waals surface area contributed by atoms with E-state index < -0.39 is 0 Å². The van der Waals surface area contributed by atoms with Crippen LogP contribution in [0.5, 0.6) is 0 Å². The summed E-state index contributed by atoms with van der Waals surface area (Å²) in [6.45, 7) is 0. The Kier molecular flexibility index (Phi) is 2.68. The van der Waals surface area contributed by atoms with Gasteiger partial charge in [0.25, 0.3) is 0 Å². The zero-order valence-electron chi connectivity index (χ0n) is 11.9. The molecule has 2 nitrogen and oxygen atoms in total. The molecule has 0 saturated carbocycles. The summed E-state index contributed by atoms with van der Waals surface area (Å²) in [7, 11) is 2.04. The summed E-state index contributed by atoms with van der Waals surface area (Å²) in [5.41, 5.74) is 3.72. The van der Waals surface area contributed by atoms with Crippen molar-refractivity contribution >= 4 is 16.3 Å². The van der Waals surface area contributed by atoms with Crippen molar-refractivity contribution in [3.63, 3.8) is 0 Å². The molecule has 0 aliphatic rings. The zero-order chi connectivity index (χ0) is 14.2. The first-order chi connectivity index (χ1) is 10.3. The first-order valence-corrected chi connectivity index (χ1v) is 7.10. The van der Waals surface area contributed by atoms with Gasteiger partial charge in [-0.1, -0.05) is 18.2 Å². The first-order valence-electron chi connectivity index (χ1n) is 7.10. The summed E-state index contributed by atoms with van der Waals surface area (Å²) in [6, 6.07) is 19.4. The van der Waals surface area contributed by atoms with Gasteiger partial charge in [-0.2, -0.15) is 4.40 Å². The lowest BCUT2D eigenvalue weighted by Gasteiger charge is -2.02. The molecule has 3 aromatic heterocycles. The average molecular weight is 272 g/mol. The Morgan fingerprint density at radius 3 is 2.29 bits per heavy atom. The van der Waals surface area contributed by atoms with E-state index in [9.17, 15) is 0 Å². The van der Waals surface area contributed by atoms with Crippen LogP contribution in [0.4, 0.5) is 0 Å². The second-order valence-electron chi connectivity index (χ2n) is 5.36. The molecule has 0 unspecified atom stereocenters. The largest absolute Gasteiger partial charge is 0.219 e. The Morgan fingerprint density at radius 2 is 1.43 bits per heavy atom. The number of aromatic nitrogens is 2. The normalized spacial score (nSPS) is 11.1. The lowest BCUT2D eigenvalue weighted by atomic mass is 10.1. The molecule has 4 rings (SSSR count). The number of hydrogen-bond donors (Lipinski definition) is 0. The first kappa shape index (κ1) is 12.0. The van der Waals surface area contributed by atoms with Gasteiger partial charge in [-0.15, -0.1) is 0 Å². The predicted octanol–water partition coefficient (Wildman–Crippen LogP) is 3.07. The molecule has 0 N–H and O–H groups in total. The van der Waals surface area contributed by atoms with E-state index in [0.29, 0.717) is 0 Å². The molecule has 0 bridgehead atoms.